The van der Waals surface area contributed by atoms with Crippen LogP contribution in [0.15, 0.2) is 0 Å². The Labute approximate surface area is 222 Å². The molecule has 0 aliphatic heterocycles. The molecule has 0 atom stereocenters. The van der Waals surface area contributed by atoms with Crippen LogP contribution in [0.2, 0.25) is 0 Å². The average molecular weight is 519 g/mol. The van der Waals surface area contributed by atoms with Gasteiger partial charge in [-0.15, -0.1) is 0 Å². The number of methoxy groups -OCH3 is 1. The summed E-state index contributed by atoms with van der Waals surface area (Å²) in [6.07, 6.45) is 20.4. The first-order chi connectivity index (χ1) is 17.8. The van der Waals surface area contributed by atoms with Crippen LogP contribution in [0.4, 0.5) is 0 Å². The van der Waals surface area contributed by atoms with Crippen molar-refractivity contribution in [3.63, 3.8) is 0 Å². The van der Waals surface area contributed by atoms with E-state index in [1.165, 1.54) is 83.5 Å². The number of hydrogen-bond donors (Lipinski definition) is 0. The van der Waals surface area contributed by atoms with Gasteiger partial charge in [-0.1, -0.05) is 96.8 Å². The Morgan fingerprint density at radius 1 is 0.444 bits per heavy atom. The van der Waals surface area contributed by atoms with E-state index >= 15 is 0 Å². The van der Waals surface area contributed by atoms with Crippen LogP contribution in [-0.4, -0.2) is 79.1 Å². The van der Waals surface area contributed by atoms with Crippen LogP contribution in [0.25, 0.3) is 0 Å². The van der Waals surface area contributed by atoms with E-state index in [4.69, 9.17) is 28.4 Å². The van der Waals surface area contributed by atoms with Crippen LogP contribution in [0.5, 0.6) is 0 Å². The van der Waals surface area contributed by atoms with Crippen LogP contribution >= 0.6 is 0 Å². The molecule has 216 valence electrons. The van der Waals surface area contributed by atoms with Gasteiger partial charge in [0, 0.05) is 13.5 Å². The van der Waals surface area contributed by atoms with E-state index < -0.39 is 0 Å². The van der Waals surface area contributed by atoms with Crippen molar-refractivity contribution in [1.82, 2.24) is 0 Å². The summed E-state index contributed by atoms with van der Waals surface area (Å²) in [4.78, 5) is 11.8. The van der Waals surface area contributed by atoms with Crippen molar-refractivity contribution < 1.29 is 33.2 Å². The first kappa shape index (κ1) is 35.3. The van der Waals surface area contributed by atoms with Gasteiger partial charge < -0.3 is 28.4 Å². The normalized spacial score (nSPS) is 11.3. The minimum atomic E-state index is -0.118. The van der Waals surface area contributed by atoms with Gasteiger partial charge in [0.05, 0.1) is 59.5 Å². The molecule has 0 spiro atoms. The van der Waals surface area contributed by atoms with Gasteiger partial charge in [-0.25, -0.2) is 0 Å². The second kappa shape index (κ2) is 32.3. The Balaban J connectivity index is 3.14. The summed E-state index contributed by atoms with van der Waals surface area (Å²) in [6, 6.07) is 0. The Morgan fingerprint density at radius 3 is 1.17 bits per heavy atom. The predicted molar refractivity (Wildman–Crippen MR) is 146 cm³/mol. The Hall–Kier alpha value is -0.730. The zero-order valence-electron chi connectivity index (χ0n) is 23.7. The molecule has 0 aromatic rings. The highest BCUT2D eigenvalue weighted by molar-refractivity contribution is 5.69. The molecule has 0 amide bonds. The van der Waals surface area contributed by atoms with E-state index in [0.29, 0.717) is 72.5 Å². The third-order valence-electron chi connectivity index (χ3n) is 6.02. The minimum Gasteiger partial charge on any atom is -0.463 e. The summed E-state index contributed by atoms with van der Waals surface area (Å²) < 4.78 is 31.6. The van der Waals surface area contributed by atoms with E-state index in [1.54, 1.807) is 7.11 Å². The van der Waals surface area contributed by atoms with Crippen molar-refractivity contribution >= 4 is 5.97 Å². The summed E-state index contributed by atoms with van der Waals surface area (Å²) in [5.74, 6) is -0.118. The molecule has 0 saturated carbocycles. The van der Waals surface area contributed by atoms with Gasteiger partial charge in [0.1, 0.15) is 6.61 Å². The topological polar surface area (TPSA) is 72.5 Å². The number of unbranched alkanes of at least 4 members (excludes halogenated alkanes) is 14. The van der Waals surface area contributed by atoms with Crippen molar-refractivity contribution in [3.8, 4) is 0 Å². The number of carbonyl (C=O) groups is 1. The lowest BCUT2D eigenvalue weighted by Gasteiger charge is -2.08. The van der Waals surface area contributed by atoms with Gasteiger partial charge in [-0.05, 0) is 6.42 Å². The van der Waals surface area contributed by atoms with Gasteiger partial charge in [-0.2, -0.15) is 0 Å². The van der Waals surface area contributed by atoms with E-state index in [9.17, 15) is 4.79 Å². The minimum absolute atomic E-state index is 0.118. The van der Waals surface area contributed by atoms with Gasteiger partial charge in [0.15, 0.2) is 0 Å². The van der Waals surface area contributed by atoms with Crippen molar-refractivity contribution in [2.24, 2.45) is 0 Å². The quantitative estimate of drug-likeness (QED) is 0.0765. The number of hydrogen-bond acceptors (Lipinski definition) is 7. The Kier molecular flexibility index (Phi) is 31.6. The number of carbonyl (C=O) groups excluding carboxylic acids is 1. The van der Waals surface area contributed by atoms with Gasteiger partial charge in [0.25, 0.3) is 0 Å². The third kappa shape index (κ3) is 31.3. The maximum Gasteiger partial charge on any atom is 0.305 e. The lowest BCUT2D eigenvalue weighted by atomic mass is 10.0. The van der Waals surface area contributed by atoms with Crippen LogP contribution in [0.3, 0.4) is 0 Å². The maximum atomic E-state index is 11.8. The molecule has 0 aliphatic carbocycles. The van der Waals surface area contributed by atoms with E-state index in [-0.39, 0.29) is 5.97 Å². The molecule has 0 rings (SSSR count). The molecule has 0 aromatic carbocycles. The zero-order valence-corrected chi connectivity index (χ0v) is 23.7. The summed E-state index contributed by atoms with van der Waals surface area (Å²) in [5.41, 5.74) is 0. The standard InChI is InChI=1S/C29H58O7/c1-3-4-5-6-7-8-9-10-11-12-13-14-15-16-17-18-29(30)36-28-27-35-26-25-34-24-23-33-22-21-32-20-19-31-2/h3-28H2,1-2H3. The maximum absolute atomic E-state index is 11.8. The first-order valence-corrected chi connectivity index (χ1v) is 14.8. The molecular formula is C29H58O7. The molecule has 0 bridgehead atoms. The van der Waals surface area contributed by atoms with E-state index in [0.717, 1.165) is 12.8 Å². The monoisotopic (exact) mass is 518 g/mol. The number of rotatable bonds is 31. The molecule has 0 radical (unpaired) electrons. The SMILES string of the molecule is CCCCCCCCCCCCCCCCCC(=O)OCCOCCOCCOCCOCCOC. The molecule has 0 N–H and O–H groups in total. The van der Waals surface area contributed by atoms with Crippen LogP contribution < -0.4 is 0 Å². The fraction of sp³-hybridized carbons (Fsp3) is 0.966. The lowest BCUT2D eigenvalue weighted by molar-refractivity contribution is -0.145. The second-order valence-electron chi connectivity index (χ2n) is 9.36. The van der Waals surface area contributed by atoms with Crippen LogP contribution in [0, 0.1) is 0 Å². The zero-order chi connectivity index (χ0) is 26.2. The molecule has 7 heteroatoms. The largest absolute Gasteiger partial charge is 0.463 e. The van der Waals surface area contributed by atoms with Crippen LogP contribution in [-0.2, 0) is 33.2 Å². The molecule has 0 unspecified atom stereocenters. The Bertz CT molecular complexity index is 384. The first-order valence-electron chi connectivity index (χ1n) is 14.8. The average Bonchev–Trinajstić information content (AvgIpc) is 2.88. The van der Waals surface area contributed by atoms with Crippen LogP contribution in [0.1, 0.15) is 110 Å². The summed E-state index contributed by atoms with van der Waals surface area (Å²) in [7, 11) is 1.65. The molecule has 36 heavy (non-hydrogen) atoms. The molecule has 0 aliphatic rings. The fourth-order valence-electron chi connectivity index (χ4n) is 3.83. The third-order valence-corrected chi connectivity index (χ3v) is 6.02. The highest BCUT2D eigenvalue weighted by Gasteiger charge is 2.03. The predicted octanol–water partition coefficient (Wildman–Crippen LogP) is 6.50. The smallest absolute Gasteiger partial charge is 0.305 e. The highest BCUT2D eigenvalue weighted by atomic mass is 16.6. The van der Waals surface area contributed by atoms with Crippen molar-refractivity contribution in [2.45, 2.75) is 110 Å². The highest BCUT2D eigenvalue weighted by Crippen LogP contribution is 2.13. The summed E-state index contributed by atoms with van der Waals surface area (Å²) >= 11 is 0. The van der Waals surface area contributed by atoms with Crippen molar-refractivity contribution in [1.29, 1.82) is 0 Å². The molecule has 7 nitrogen and oxygen atoms in total. The van der Waals surface area contributed by atoms with Crippen molar-refractivity contribution in [2.75, 3.05) is 73.2 Å². The summed E-state index contributed by atoms with van der Waals surface area (Å²) in [5, 5.41) is 0. The van der Waals surface area contributed by atoms with Crippen molar-refractivity contribution in [3.05, 3.63) is 0 Å². The molecule has 0 fully saturated rings. The summed E-state index contributed by atoms with van der Waals surface area (Å²) in [6.45, 7) is 7.32. The van der Waals surface area contributed by atoms with E-state index in [1.807, 2.05) is 0 Å². The van der Waals surface area contributed by atoms with Gasteiger partial charge in [-0.3, -0.25) is 4.79 Å². The lowest BCUT2D eigenvalue weighted by Crippen LogP contribution is -2.14. The second-order valence-corrected chi connectivity index (χ2v) is 9.36. The van der Waals surface area contributed by atoms with E-state index in [2.05, 4.69) is 6.92 Å². The Morgan fingerprint density at radius 2 is 0.778 bits per heavy atom. The fourth-order valence-corrected chi connectivity index (χ4v) is 3.83. The number of ether oxygens (including phenoxy) is 6. The molecule has 0 saturated heterocycles. The number of esters is 1. The molecule has 0 aromatic heterocycles. The van der Waals surface area contributed by atoms with Gasteiger partial charge in [0.2, 0.25) is 0 Å². The molecule has 0 heterocycles. The van der Waals surface area contributed by atoms with Gasteiger partial charge >= 0.3 is 5.97 Å². The molecular weight excluding hydrogens is 460 g/mol.